The van der Waals surface area contributed by atoms with Crippen LogP contribution in [0.4, 0.5) is 11.6 Å². The molecule has 0 amide bonds. The third-order valence-corrected chi connectivity index (χ3v) is 11.4. The molecule has 2 aliphatic heterocycles. The molecule has 3 aliphatic rings. The van der Waals surface area contributed by atoms with Crippen LogP contribution in [0.15, 0.2) is 152 Å². The Morgan fingerprint density at radius 1 is 0.482 bits per heavy atom. The quantitative estimate of drug-likeness (QED) is 0.142. The zero-order valence-electron chi connectivity index (χ0n) is 30.1. The second kappa shape index (κ2) is 11.8. The molecule has 0 saturated carbocycles. The lowest BCUT2D eigenvalue weighted by atomic mass is 9.95. The highest BCUT2D eigenvalue weighted by atomic mass is 15.1. The summed E-state index contributed by atoms with van der Waals surface area (Å²) < 4.78 is 0. The Morgan fingerprint density at radius 2 is 1.05 bits per heavy atom. The van der Waals surface area contributed by atoms with Crippen LogP contribution in [0.1, 0.15) is 39.8 Å². The SMILES string of the molecule is N/C1=N\c2[nH]c(c3cc4ccccc4cc23)/N=C2N=C(/N=c3\[nH]/c(c4cc5c(cc34)CCC=C5)=N\Cc3cc4ccccc4cc31)c1cc3ccccc3cc1\2. The molecule has 2 aromatic heterocycles. The van der Waals surface area contributed by atoms with Gasteiger partial charge in [0.1, 0.15) is 28.4 Å². The van der Waals surface area contributed by atoms with Crippen molar-refractivity contribution < 1.29 is 0 Å². The van der Waals surface area contributed by atoms with E-state index in [0.717, 1.165) is 99.9 Å². The highest BCUT2D eigenvalue weighted by molar-refractivity contribution is 6.25. The number of aromatic amines is 2. The van der Waals surface area contributed by atoms with E-state index in [4.69, 9.17) is 30.7 Å². The summed E-state index contributed by atoms with van der Waals surface area (Å²) in [5.74, 6) is 2.85. The number of hydrogen-bond donors (Lipinski definition) is 3. The number of hydrogen-bond acceptors (Lipinski definition) is 6. The van der Waals surface area contributed by atoms with Crippen molar-refractivity contribution in [1.29, 1.82) is 0 Å². The number of aromatic nitrogens is 2. The second-order valence-corrected chi connectivity index (χ2v) is 14.8. The first-order valence-corrected chi connectivity index (χ1v) is 19.0. The number of nitrogens with one attached hydrogen (secondary N) is 2. The Morgan fingerprint density at radius 3 is 1.73 bits per heavy atom. The molecular weight excluding hydrogens is 689 g/mol. The van der Waals surface area contributed by atoms with Crippen molar-refractivity contribution in [1.82, 2.24) is 9.97 Å². The summed E-state index contributed by atoms with van der Waals surface area (Å²) in [4.78, 5) is 33.4. The first kappa shape index (κ1) is 31.0. The molecule has 0 spiro atoms. The topological polar surface area (TPSA) is 119 Å². The van der Waals surface area contributed by atoms with Crippen LogP contribution < -0.4 is 16.7 Å². The molecule has 4 heterocycles. The summed E-state index contributed by atoms with van der Waals surface area (Å²) in [5.41, 5.74) is 14.7. The Labute approximate surface area is 319 Å². The van der Waals surface area contributed by atoms with Gasteiger partial charge in [0.25, 0.3) is 0 Å². The van der Waals surface area contributed by atoms with E-state index in [1.807, 2.05) is 6.07 Å². The number of allylic oxidation sites excluding steroid dienone is 1. The van der Waals surface area contributed by atoms with E-state index in [9.17, 15) is 0 Å². The summed E-state index contributed by atoms with van der Waals surface area (Å²) in [5, 5.41) is 10.5. The monoisotopic (exact) mass is 720 g/mol. The van der Waals surface area contributed by atoms with E-state index in [2.05, 4.69) is 137 Å². The molecular formula is C48H32N8. The molecule has 0 atom stereocenters. The maximum atomic E-state index is 7.06. The number of aliphatic imine (C=N–C) groups is 3. The highest BCUT2D eigenvalue weighted by Gasteiger charge is 2.25. The third kappa shape index (κ3) is 4.82. The fraction of sp³-hybridized carbons (Fsp3) is 0.0625. The van der Waals surface area contributed by atoms with Crippen molar-refractivity contribution in [3.05, 3.63) is 172 Å². The minimum atomic E-state index is 0.378. The molecule has 12 rings (SSSR count). The molecule has 7 aromatic carbocycles. The van der Waals surface area contributed by atoms with Gasteiger partial charge in [-0.2, -0.15) is 0 Å². The molecule has 0 fully saturated rings. The van der Waals surface area contributed by atoms with Crippen LogP contribution in [0.3, 0.4) is 0 Å². The molecule has 264 valence electrons. The van der Waals surface area contributed by atoms with Crippen molar-refractivity contribution in [2.24, 2.45) is 30.7 Å². The Kier molecular flexibility index (Phi) is 6.51. The minimum absolute atomic E-state index is 0.378. The molecule has 8 heteroatoms. The number of rotatable bonds is 0. The molecule has 0 radical (unpaired) electrons. The summed E-state index contributed by atoms with van der Waals surface area (Å²) in [6.45, 7) is 0.378. The molecule has 8 nitrogen and oxygen atoms in total. The lowest BCUT2D eigenvalue weighted by Gasteiger charge is -2.11. The van der Waals surface area contributed by atoms with E-state index >= 15 is 0 Å². The standard InChI is InChI=1S/C48H32N8/c49-42-35-18-27-10-2-1-9-26(27)17-34(35)25-50-43-36-19-28-11-3-4-12-29(28)20-37(36)45(52-43)54-47-40-23-32-15-7-8-16-33(32)24-41(40)48(56-47)55-46-39-22-31-14-6-5-13-30(31)21-38(39)44(51-42)53-46/h1-3,5-11,13-24,53H,4,12,25H2,(H2,49,51)(H,50,52,54,55,56). The minimum Gasteiger partial charge on any atom is -0.383 e. The summed E-state index contributed by atoms with van der Waals surface area (Å²) in [6, 6.07) is 42.5. The van der Waals surface area contributed by atoms with Crippen LogP contribution in [0.2, 0.25) is 0 Å². The van der Waals surface area contributed by atoms with Crippen LogP contribution >= 0.6 is 0 Å². The zero-order valence-corrected chi connectivity index (χ0v) is 30.1. The maximum Gasteiger partial charge on any atom is 0.164 e. The number of benzene rings is 7. The number of aryl methyl sites for hydroxylation is 1. The lowest BCUT2D eigenvalue weighted by molar-refractivity contribution is 0.972. The zero-order chi connectivity index (χ0) is 36.9. The smallest absolute Gasteiger partial charge is 0.164 e. The molecule has 0 saturated heterocycles. The van der Waals surface area contributed by atoms with Crippen LogP contribution in [0.25, 0.3) is 59.9 Å². The van der Waals surface area contributed by atoms with E-state index in [-0.39, 0.29) is 0 Å². The lowest BCUT2D eigenvalue weighted by Crippen LogP contribution is -2.16. The van der Waals surface area contributed by atoms with Crippen molar-refractivity contribution in [2.75, 3.05) is 0 Å². The van der Waals surface area contributed by atoms with Crippen molar-refractivity contribution >= 4 is 89.1 Å². The molecule has 0 unspecified atom stereocenters. The van der Waals surface area contributed by atoms with Gasteiger partial charge in [0.15, 0.2) is 11.7 Å². The largest absolute Gasteiger partial charge is 0.383 e. The number of H-pyrrole nitrogens is 2. The van der Waals surface area contributed by atoms with Crippen LogP contribution in [-0.4, -0.2) is 27.5 Å². The normalized spacial score (nSPS) is 17.9. The van der Waals surface area contributed by atoms with E-state index < -0.39 is 0 Å². The van der Waals surface area contributed by atoms with Gasteiger partial charge in [0.05, 0.1) is 6.54 Å². The fourth-order valence-corrected chi connectivity index (χ4v) is 8.60. The molecule has 9 aromatic rings. The van der Waals surface area contributed by atoms with Crippen LogP contribution in [-0.2, 0) is 13.0 Å². The van der Waals surface area contributed by atoms with Gasteiger partial charge in [-0.25, -0.2) is 20.0 Å². The average molecular weight is 721 g/mol. The van der Waals surface area contributed by atoms with Gasteiger partial charge >= 0.3 is 0 Å². The molecule has 4 N–H and O–H groups in total. The first-order chi connectivity index (χ1) is 27.6. The molecule has 6 bridgehead atoms. The van der Waals surface area contributed by atoms with Crippen molar-refractivity contribution in [3.63, 3.8) is 0 Å². The van der Waals surface area contributed by atoms with Crippen LogP contribution in [0.5, 0.6) is 0 Å². The summed E-state index contributed by atoms with van der Waals surface area (Å²) in [6.07, 6.45) is 6.45. The predicted molar refractivity (Wildman–Crippen MR) is 228 cm³/mol. The van der Waals surface area contributed by atoms with Crippen molar-refractivity contribution in [3.8, 4) is 0 Å². The van der Waals surface area contributed by atoms with Crippen molar-refractivity contribution in [2.45, 2.75) is 19.4 Å². The first-order valence-electron chi connectivity index (χ1n) is 19.0. The van der Waals surface area contributed by atoms with Gasteiger partial charge in [-0.15, -0.1) is 0 Å². The summed E-state index contributed by atoms with van der Waals surface area (Å²) in [7, 11) is 0. The number of amidine groups is 3. The predicted octanol–water partition coefficient (Wildman–Crippen LogP) is 9.40. The molecule has 1 aliphatic carbocycles. The fourth-order valence-electron chi connectivity index (χ4n) is 8.60. The third-order valence-electron chi connectivity index (χ3n) is 11.4. The van der Waals surface area contributed by atoms with Gasteiger partial charge in [-0.1, -0.05) is 84.9 Å². The molecule has 56 heavy (non-hydrogen) atoms. The van der Waals surface area contributed by atoms with Gasteiger partial charge < -0.3 is 15.7 Å². The van der Waals surface area contributed by atoms with Gasteiger partial charge in [-0.05, 0) is 110 Å². The van der Waals surface area contributed by atoms with Gasteiger partial charge in [0.2, 0.25) is 0 Å². The average Bonchev–Trinajstić information content (AvgIpc) is 3.86. The number of fused-ring (bicyclic) bond motifs is 19. The Hall–Kier alpha value is -7.45. The second-order valence-electron chi connectivity index (χ2n) is 14.8. The van der Waals surface area contributed by atoms with E-state index in [1.54, 1.807) is 0 Å². The summed E-state index contributed by atoms with van der Waals surface area (Å²) >= 11 is 0. The Balaban J connectivity index is 1.20. The van der Waals surface area contributed by atoms with E-state index in [1.165, 1.54) is 11.1 Å². The highest BCUT2D eigenvalue weighted by Crippen LogP contribution is 2.39. The van der Waals surface area contributed by atoms with Gasteiger partial charge in [-0.3, -0.25) is 4.99 Å². The maximum absolute atomic E-state index is 7.06. The number of nitrogens with two attached hydrogens (primary N) is 1. The van der Waals surface area contributed by atoms with E-state index in [0.29, 0.717) is 35.7 Å². The van der Waals surface area contributed by atoms with Crippen LogP contribution in [0, 0.1) is 0 Å². The van der Waals surface area contributed by atoms with Gasteiger partial charge in [0, 0.05) is 38.2 Å². The number of nitrogens with zero attached hydrogens (tertiary/aromatic N) is 5. The Bertz CT molecular complexity index is 3470.